The van der Waals surface area contributed by atoms with Gasteiger partial charge in [0.25, 0.3) is 0 Å². The van der Waals surface area contributed by atoms with Crippen molar-refractivity contribution in [3.63, 3.8) is 0 Å². The molecule has 0 unspecified atom stereocenters. The number of fused-ring (bicyclic) bond motifs is 1. The van der Waals surface area contributed by atoms with Crippen molar-refractivity contribution in [2.75, 3.05) is 34.8 Å². The molecular formula is C21H28N4O3S. The third-order valence-electron chi connectivity index (χ3n) is 5.34. The molecule has 0 bridgehead atoms. The average molecular weight is 417 g/mol. The molecule has 0 fully saturated rings. The van der Waals surface area contributed by atoms with Crippen LogP contribution in [0.4, 0.5) is 17.1 Å². The van der Waals surface area contributed by atoms with E-state index in [1.807, 2.05) is 32.0 Å². The smallest absolute Gasteiger partial charge is 0.243 e. The second-order valence-corrected chi connectivity index (χ2v) is 8.82. The Balaban J connectivity index is 1.87. The molecule has 0 radical (unpaired) electrons. The number of para-hydroxylation sites is 1. The summed E-state index contributed by atoms with van der Waals surface area (Å²) in [6.07, 6.45) is 0.898. The minimum Gasteiger partial charge on any atom is -0.370 e. The van der Waals surface area contributed by atoms with Crippen molar-refractivity contribution in [2.45, 2.75) is 38.1 Å². The lowest BCUT2D eigenvalue weighted by molar-refractivity contribution is -0.115. The topological polar surface area (TPSA) is 95.7 Å². The zero-order chi connectivity index (χ0) is 21.2. The lowest BCUT2D eigenvalue weighted by atomic mass is 10.1. The van der Waals surface area contributed by atoms with Gasteiger partial charge in [-0.05, 0) is 57.0 Å². The summed E-state index contributed by atoms with van der Waals surface area (Å²) in [5.41, 5.74) is 3.52. The maximum Gasteiger partial charge on any atom is 0.243 e. The highest BCUT2D eigenvalue weighted by Gasteiger charge is 2.27. The number of amides is 1. The first-order valence-corrected chi connectivity index (χ1v) is 11.4. The Hall–Kier alpha value is -2.58. The van der Waals surface area contributed by atoms with Gasteiger partial charge in [-0.25, -0.2) is 13.6 Å². The lowest BCUT2D eigenvalue weighted by Gasteiger charge is -2.27. The average Bonchev–Trinajstić information content (AvgIpc) is 2.98. The van der Waals surface area contributed by atoms with Crippen LogP contribution < -0.4 is 20.3 Å². The third-order valence-corrected chi connectivity index (χ3v) is 6.25. The summed E-state index contributed by atoms with van der Waals surface area (Å²) in [6.45, 7) is 7.75. The SMILES string of the molecule is CCN(CC)c1ccc(S(N)(=O)=O)cc1NC(=O)CN1c2ccccc2C[C@@H]1C. The number of rotatable bonds is 7. The molecule has 3 rings (SSSR count). The molecule has 1 heterocycles. The maximum atomic E-state index is 12.9. The van der Waals surface area contributed by atoms with Gasteiger partial charge in [0.15, 0.2) is 0 Å². The number of sulfonamides is 1. The van der Waals surface area contributed by atoms with E-state index in [4.69, 9.17) is 5.14 Å². The van der Waals surface area contributed by atoms with Crippen molar-refractivity contribution in [1.29, 1.82) is 0 Å². The van der Waals surface area contributed by atoms with Crippen LogP contribution in [0.5, 0.6) is 0 Å². The molecule has 8 heteroatoms. The minimum absolute atomic E-state index is 0.0245. The van der Waals surface area contributed by atoms with Crippen molar-refractivity contribution in [1.82, 2.24) is 0 Å². The Bertz CT molecular complexity index is 1000. The molecule has 3 N–H and O–H groups in total. The van der Waals surface area contributed by atoms with Crippen LogP contribution in [0.2, 0.25) is 0 Å². The molecule has 7 nitrogen and oxygen atoms in total. The summed E-state index contributed by atoms with van der Waals surface area (Å²) in [7, 11) is -3.87. The molecular weight excluding hydrogens is 388 g/mol. The Morgan fingerprint density at radius 1 is 1.21 bits per heavy atom. The highest BCUT2D eigenvalue weighted by molar-refractivity contribution is 7.89. The number of hydrogen-bond donors (Lipinski definition) is 2. The van der Waals surface area contributed by atoms with Crippen molar-refractivity contribution in [3.05, 3.63) is 48.0 Å². The number of anilines is 3. The highest BCUT2D eigenvalue weighted by Crippen LogP contribution is 2.32. The van der Waals surface area contributed by atoms with Gasteiger partial charge in [-0.1, -0.05) is 18.2 Å². The first kappa shape index (κ1) is 21.1. The van der Waals surface area contributed by atoms with Crippen LogP contribution in [0, 0.1) is 0 Å². The number of hydrogen-bond acceptors (Lipinski definition) is 5. The first-order valence-electron chi connectivity index (χ1n) is 9.80. The quantitative estimate of drug-likeness (QED) is 0.723. The van der Waals surface area contributed by atoms with Crippen molar-refractivity contribution >= 4 is 33.0 Å². The maximum absolute atomic E-state index is 12.9. The molecule has 1 atom stereocenters. The molecule has 0 aliphatic carbocycles. The Labute approximate surface area is 172 Å². The lowest BCUT2D eigenvalue weighted by Crippen LogP contribution is -2.37. The molecule has 1 amide bonds. The number of nitrogens with zero attached hydrogens (tertiary/aromatic N) is 2. The van der Waals surface area contributed by atoms with E-state index in [-0.39, 0.29) is 23.4 Å². The zero-order valence-electron chi connectivity index (χ0n) is 17.1. The first-order chi connectivity index (χ1) is 13.7. The van der Waals surface area contributed by atoms with Crippen LogP contribution >= 0.6 is 0 Å². The monoisotopic (exact) mass is 416 g/mol. The normalized spacial score (nSPS) is 15.9. The van der Waals surface area contributed by atoms with Crippen LogP contribution in [0.15, 0.2) is 47.4 Å². The number of primary sulfonamides is 1. The fourth-order valence-electron chi connectivity index (χ4n) is 3.85. The second kappa shape index (κ2) is 8.42. The Morgan fingerprint density at radius 3 is 2.55 bits per heavy atom. The van der Waals surface area contributed by atoms with E-state index >= 15 is 0 Å². The van der Waals surface area contributed by atoms with Gasteiger partial charge in [0.05, 0.1) is 22.8 Å². The van der Waals surface area contributed by atoms with E-state index < -0.39 is 10.0 Å². The van der Waals surface area contributed by atoms with Gasteiger partial charge in [0.2, 0.25) is 15.9 Å². The summed E-state index contributed by atoms with van der Waals surface area (Å²) in [5, 5.41) is 8.20. The molecule has 29 heavy (non-hydrogen) atoms. The van der Waals surface area contributed by atoms with E-state index in [0.29, 0.717) is 5.69 Å². The molecule has 1 aliphatic heterocycles. The van der Waals surface area contributed by atoms with Crippen LogP contribution in [-0.4, -0.2) is 40.0 Å². The van der Waals surface area contributed by atoms with Crippen LogP contribution in [0.3, 0.4) is 0 Å². The number of benzene rings is 2. The molecule has 1 aliphatic rings. The molecule has 156 valence electrons. The van der Waals surface area contributed by atoms with Crippen molar-refractivity contribution in [3.8, 4) is 0 Å². The second-order valence-electron chi connectivity index (χ2n) is 7.25. The van der Waals surface area contributed by atoms with E-state index in [2.05, 4.69) is 28.1 Å². The highest BCUT2D eigenvalue weighted by atomic mass is 32.2. The predicted octanol–water partition coefficient (Wildman–Crippen LogP) is 2.57. The standard InChI is InChI=1S/C21H28N4O3S/c1-4-24(5-2)20-11-10-17(29(22,27)28)13-18(20)23-21(26)14-25-15(3)12-16-8-6-7-9-19(16)25/h6-11,13,15H,4-5,12,14H2,1-3H3,(H,23,26)(H2,22,27,28)/t15-/m0/s1. The van der Waals surface area contributed by atoms with Gasteiger partial charge in [-0.2, -0.15) is 0 Å². The van der Waals surface area contributed by atoms with Crippen LogP contribution in [0.25, 0.3) is 0 Å². The molecule has 0 saturated carbocycles. The van der Waals surface area contributed by atoms with Gasteiger partial charge in [0, 0.05) is 24.8 Å². The van der Waals surface area contributed by atoms with Crippen molar-refractivity contribution in [2.24, 2.45) is 5.14 Å². The fourth-order valence-corrected chi connectivity index (χ4v) is 4.39. The van der Waals surface area contributed by atoms with E-state index in [1.54, 1.807) is 6.07 Å². The largest absolute Gasteiger partial charge is 0.370 e. The summed E-state index contributed by atoms with van der Waals surface area (Å²) in [6, 6.07) is 12.9. The Kier molecular flexibility index (Phi) is 6.14. The van der Waals surface area contributed by atoms with E-state index in [9.17, 15) is 13.2 Å². The van der Waals surface area contributed by atoms with Gasteiger partial charge in [-0.15, -0.1) is 0 Å². The summed E-state index contributed by atoms with van der Waals surface area (Å²) in [5.74, 6) is -0.200. The number of nitrogens with one attached hydrogen (secondary N) is 1. The molecule has 0 saturated heterocycles. The van der Waals surface area contributed by atoms with E-state index in [0.717, 1.165) is 30.9 Å². The number of carbonyl (C=O) groups excluding carboxylic acids is 1. The number of carbonyl (C=O) groups is 1. The van der Waals surface area contributed by atoms with Gasteiger partial charge >= 0.3 is 0 Å². The number of nitrogens with two attached hydrogens (primary N) is 1. The predicted molar refractivity (Wildman–Crippen MR) is 117 cm³/mol. The fraction of sp³-hybridized carbons (Fsp3) is 0.381. The Morgan fingerprint density at radius 2 is 1.90 bits per heavy atom. The van der Waals surface area contributed by atoms with E-state index in [1.165, 1.54) is 17.7 Å². The third kappa shape index (κ3) is 4.54. The van der Waals surface area contributed by atoms with Gasteiger partial charge in [0.1, 0.15) is 0 Å². The minimum atomic E-state index is -3.87. The summed E-state index contributed by atoms with van der Waals surface area (Å²) < 4.78 is 23.6. The molecule has 2 aromatic carbocycles. The van der Waals surface area contributed by atoms with Crippen LogP contribution in [-0.2, 0) is 21.2 Å². The molecule has 2 aromatic rings. The van der Waals surface area contributed by atoms with Crippen molar-refractivity contribution < 1.29 is 13.2 Å². The van der Waals surface area contributed by atoms with Crippen LogP contribution in [0.1, 0.15) is 26.3 Å². The molecule has 0 spiro atoms. The summed E-state index contributed by atoms with van der Waals surface area (Å²) in [4.78, 5) is 17.0. The van der Waals surface area contributed by atoms with Gasteiger partial charge < -0.3 is 15.1 Å². The summed E-state index contributed by atoms with van der Waals surface area (Å²) >= 11 is 0. The van der Waals surface area contributed by atoms with Gasteiger partial charge in [-0.3, -0.25) is 4.79 Å². The zero-order valence-corrected chi connectivity index (χ0v) is 17.9. The molecule has 0 aromatic heterocycles.